The lowest BCUT2D eigenvalue weighted by molar-refractivity contribution is -0.890. The number of alkyl halides is 13. The van der Waals surface area contributed by atoms with Gasteiger partial charge in [-0.25, -0.2) is 16.8 Å². The van der Waals surface area contributed by atoms with E-state index in [-0.39, 0.29) is 37.4 Å². The standard InChI is InChI=1S/C18H27F13N2O7S2/c1-33(2,8-10-40-11-9-34)7-3-5-32(6-4-12-41(35,36)37)42(38,39)18(30,31)16(25,26)14(21,22)13(19,20)15(23,24)17(27,28)29/h34H,3-12H2,1-2H3. The molecule has 0 spiro atoms. The molecule has 0 aliphatic rings. The quantitative estimate of drug-likeness (QED) is 0.0955. The Kier molecular flexibility index (Phi) is 13.0. The van der Waals surface area contributed by atoms with Gasteiger partial charge in [0, 0.05) is 25.3 Å². The summed E-state index contributed by atoms with van der Waals surface area (Å²) in [5.74, 6) is -34.4. The first-order valence-electron chi connectivity index (χ1n) is 11.3. The maximum Gasteiger partial charge on any atom is 0.460 e. The van der Waals surface area contributed by atoms with Crippen LogP contribution in [0.2, 0.25) is 0 Å². The van der Waals surface area contributed by atoms with Crippen molar-refractivity contribution in [2.24, 2.45) is 0 Å². The van der Waals surface area contributed by atoms with E-state index in [2.05, 4.69) is 0 Å². The number of hydrogen-bond donors (Lipinski definition) is 1. The van der Waals surface area contributed by atoms with Crippen LogP contribution in [0.3, 0.4) is 0 Å². The van der Waals surface area contributed by atoms with Crippen LogP contribution in [0.4, 0.5) is 57.1 Å². The first-order valence-corrected chi connectivity index (χ1v) is 14.3. The number of sulfonamides is 1. The van der Waals surface area contributed by atoms with Crippen molar-refractivity contribution < 1.29 is 92.8 Å². The second kappa shape index (κ2) is 13.4. The van der Waals surface area contributed by atoms with E-state index in [1.54, 1.807) is 0 Å². The summed E-state index contributed by atoms with van der Waals surface area (Å²) in [7, 11) is -9.74. The lowest BCUT2D eigenvalue weighted by Crippen LogP contribution is -2.72. The summed E-state index contributed by atoms with van der Waals surface area (Å²) in [5, 5.41) is 1.16. The van der Waals surface area contributed by atoms with Crippen molar-refractivity contribution >= 4 is 20.1 Å². The summed E-state index contributed by atoms with van der Waals surface area (Å²) in [6.07, 6.45) is -9.55. The monoisotopic (exact) mass is 694 g/mol. The van der Waals surface area contributed by atoms with Gasteiger partial charge in [0.2, 0.25) is 0 Å². The van der Waals surface area contributed by atoms with Gasteiger partial charge in [-0.3, -0.25) is 0 Å². The Morgan fingerprint density at radius 1 is 0.714 bits per heavy atom. The van der Waals surface area contributed by atoms with Gasteiger partial charge in [-0.15, -0.1) is 0 Å². The van der Waals surface area contributed by atoms with E-state index in [0.29, 0.717) is 0 Å². The minimum Gasteiger partial charge on any atom is -0.748 e. The van der Waals surface area contributed by atoms with E-state index in [9.17, 15) is 78.5 Å². The predicted octanol–water partition coefficient (Wildman–Crippen LogP) is 2.73. The first-order chi connectivity index (χ1) is 18.4. The number of halogens is 13. The van der Waals surface area contributed by atoms with E-state index < -0.39 is 91.3 Å². The van der Waals surface area contributed by atoms with Crippen LogP contribution < -0.4 is 0 Å². The molecule has 24 heteroatoms. The third-order valence-electron chi connectivity index (χ3n) is 5.62. The van der Waals surface area contributed by atoms with Gasteiger partial charge in [-0.1, -0.05) is 0 Å². The summed E-state index contributed by atoms with van der Waals surface area (Å²) >= 11 is 0. The SMILES string of the molecule is C[N+](C)(CCCN(CCCS(=O)(=O)[O-])S(=O)(=O)C(F)(F)C(F)(F)C(F)(F)C(F)(F)C(F)(F)C(F)(F)F)CCOCCO. The highest BCUT2D eigenvalue weighted by Crippen LogP contribution is 2.61. The third kappa shape index (κ3) is 8.70. The lowest BCUT2D eigenvalue weighted by atomic mass is 9.98. The van der Waals surface area contributed by atoms with Crippen LogP contribution in [0.25, 0.3) is 0 Å². The van der Waals surface area contributed by atoms with Crippen molar-refractivity contribution in [3.63, 3.8) is 0 Å². The van der Waals surface area contributed by atoms with Gasteiger partial charge < -0.3 is 18.9 Å². The molecule has 0 unspecified atom stereocenters. The molecule has 0 radical (unpaired) electrons. The number of rotatable bonds is 19. The molecule has 0 amide bonds. The number of ether oxygens (including phenoxy) is 1. The molecule has 0 aliphatic heterocycles. The molecule has 0 aliphatic carbocycles. The number of hydrogen-bond acceptors (Lipinski definition) is 7. The topological polar surface area (TPSA) is 124 Å². The minimum atomic E-state index is -8.35. The summed E-state index contributed by atoms with van der Waals surface area (Å²) in [6, 6.07) is 0. The number of quaternary nitrogens is 1. The van der Waals surface area contributed by atoms with Crippen LogP contribution in [0.1, 0.15) is 12.8 Å². The Labute approximate surface area is 231 Å². The highest BCUT2D eigenvalue weighted by atomic mass is 32.2. The van der Waals surface area contributed by atoms with Gasteiger partial charge in [0.1, 0.15) is 6.54 Å². The summed E-state index contributed by atoms with van der Waals surface area (Å²) in [6.45, 7) is -3.62. The molecule has 0 bridgehead atoms. The Morgan fingerprint density at radius 2 is 1.17 bits per heavy atom. The van der Waals surface area contributed by atoms with Gasteiger partial charge in [0.15, 0.2) is 0 Å². The molecule has 0 saturated heterocycles. The lowest BCUT2D eigenvalue weighted by Gasteiger charge is -2.40. The molecule has 9 nitrogen and oxygen atoms in total. The molecule has 0 aromatic heterocycles. The maximum absolute atomic E-state index is 14.6. The fourth-order valence-electron chi connectivity index (χ4n) is 3.11. The van der Waals surface area contributed by atoms with Crippen LogP contribution in [-0.2, 0) is 24.9 Å². The summed E-state index contributed by atoms with van der Waals surface area (Å²) < 4.78 is 236. The molecule has 254 valence electrons. The highest BCUT2D eigenvalue weighted by molar-refractivity contribution is 7.90. The molecular weight excluding hydrogens is 667 g/mol. The van der Waals surface area contributed by atoms with Gasteiger partial charge in [0.25, 0.3) is 10.0 Å². The zero-order valence-corrected chi connectivity index (χ0v) is 23.2. The fraction of sp³-hybridized carbons (Fsp3) is 1.00. The molecule has 0 fully saturated rings. The molecule has 0 atom stereocenters. The zero-order chi connectivity index (χ0) is 33.9. The van der Waals surface area contributed by atoms with Crippen molar-refractivity contribution in [3.05, 3.63) is 0 Å². The fourth-order valence-corrected chi connectivity index (χ4v) is 5.11. The van der Waals surface area contributed by atoms with Crippen molar-refractivity contribution in [1.29, 1.82) is 0 Å². The Morgan fingerprint density at radius 3 is 1.60 bits per heavy atom. The van der Waals surface area contributed by atoms with Gasteiger partial charge in [0.05, 0.1) is 50.6 Å². The molecule has 0 heterocycles. The molecule has 42 heavy (non-hydrogen) atoms. The van der Waals surface area contributed by atoms with Crippen LogP contribution in [0.15, 0.2) is 0 Å². The van der Waals surface area contributed by atoms with Gasteiger partial charge in [-0.05, 0) is 6.42 Å². The second-order valence-corrected chi connectivity index (χ2v) is 12.9. The predicted molar refractivity (Wildman–Crippen MR) is 115 cm³/mol. The van der Waals surface area contributed by atoms with E-state index in [0.717, 1.165) is 0 Å². The van der Waals surface area contributed by atoms with E-state index >= 15 is 0 Å². The summed E-state index contributed by atoms with van der Waals surface area (Å²) in [4.78, 5) is 0. The molecule has 0 rings (SSSR count). The maximum atomic E-state index is 14.6. The normalized spacial score (nSPS) is 15.5. The van der Waals surface area contributed by atoms with Crippen LogP contribution in [0.5, 0.6) is 0 Å². The van der Waals surface area contributed by atoms with Crippen LogP contribution >= 0.6 is 0 Å². The smallest absolute Gasteiger partial charge is 0.460 e. The number of aliphatic hydroxyl groups excluding tert-OH is 1. The Balaban J connectivity index is 6.45. The van der Waals surface area contributed by atoms with Gasteiger partial charge in [-0.2, -0.15) is 61.4 Å². The summed E-state index contributed by atoms with van der Waals surface area (Å²) in [5.41, 5.74) is 0. The Bertz CT molecular complexity index is 1100. The minimum absolute atomic E-state index is 0.0346. The second-order valence-electron chi connectivity index (χ2n) is 9.40. The first kappa shape index (κ1) is 40.8. The number of likely N-dealkylation sites (N-methyl/N-ethyl adjacent to an activating group) is 1. The highest BCUT2D eigenvalue weighted by Gasteiger charge is 2.92. The Hall–Kier alpha value is -1.21. The average Bonchev–Trinajstić information content (AvgIpc) is 2.78. The number of aliphatic hydroxyl groups is 1. The average molecular weight is 695 g/mol. The molecule has 0 saturated carbocycles. The molecular formula is C18H27F13N2O7S2. The van der Waals surface area contributed by atoms with Crippen molar-refractivity contribution in [3.8, 4) is 0 Å². The largest absolute Gasteiger partial charge is 0.748 e. The van der Waals surface area contributed by atoms with Crippen molar-refractivity contribution in [2.75, 3.05) is 65.8 Å². The van der Waals surface area contributed by atoms with E-state index in [1.165, 1.54) is 14.1 Å². The van der Waals surface area contributed by atoms with Crippen LogP contribution in [-0.4, -0.2) is 136 Å². The molecule has 0 aromatic carbocycles. The molecule has 0 aromatic rings. The van der Waals surface area contributed by atoms with Crippen molar-refractivity contribution in [1.82, 2.24) is 4.31 Å². The number of nitrogens with zero attached hydrogens (tertiary/aromatic N) is 2. The van der Waals surface area contributed by atoms with Gasteiger partial charge >= 0.3 is 35.1 Å². The van der Waals surface area contributed by atoms with Crippen molar-refractivity contribution in [2.45, 2.75) is 48.0 Å². The van der Waals surface area contributed by atoms with E-state index in [4.69, 9.17) is 9.84 Å². The van der Waals surface area contributed by atoms with E-state index in [1.807, 2.05) is 0 Å². The molecule has 1 N–H and O–H groups in total. The van der Waals surface area contributed by atoms with Crippen LogP contribution in [0, 0.1) is 0 Å². The zero-order valence-electron chi connectivity index (χ0n) is 21.6. The third-order valence-corrected chi connectivity index (χ3v) is 8.36.